The van der Waals surface area contributed by atoms with Gasteiger partial charge in [0.25, 0.3) is 0 Å². The Labute approximate surface area is 123 Å². The molecule has 1 aromatic rings. The third kappa shape index (κ3) is 4.76. The third-order valence-electron chi connectivity index (χ3n) is 3.68. The molecule has 1 N–H and O–H groups in total. The molecular weight excluding hydrogens is 248 g/mol. The van der Waals surface area contributed by atoms with Crippen LogP contribution in [0.5, 0.6) is 0 Å². The van der Waals surface area contributed by atoms with E-state index in [9.17, 15) is 0 Å². The molecule has 1 fully saturated rings. The average Bonchev–Trinajstić information content (AvgIpc) is 2.61. The van der Waals surface area contributed by atoms with E-state index in [1.807, 2.05) is 6.20 Å². The zero-order valence-corrected chi connectivity index (χ0v) is 13.3. The fourth-order valence-electron chi connectivity index (χ4n) is 2.35. The highest BCUT2D eigenvalue weighted by Gasteiger charge is 2.13. The van der Waals surface area contributed by atoms with Gasteiger partial charge in [-0.05, 0) is 52.4 Å². The highest BCUT2D eigenvalue weighted by molar-refractivity contribution is 5.39. The summed E-state index contributed by atoms with van der Waals surface area (Å²) in [5.74, 6) is 1.11. The molecule has 0 aromatic carbocycles. The van der Waals surface area contributed by atoms with Gasteiger partial charge in [0, 0.05) is 37.9 Å². The maximum atomic E-state index is 4.64. The Bertz CT molecular complexity index is 407. The quantitative estimate of drug-likeness (QED) is 0.916. The Morgan fingerprint density at radius 1 is 1.15 bits per heavy atom. The summed E-state index contributed by atoms with van der Waals surface area (Å²) in [7, 11) is 2.19. The molecule has 0 radical (unpaired) electrons. The van der Waals surface area contributed by atoms with Crippen LogP contribution in [-0.4, -0.2) is 48.6 Å². The Balaban J connectivity index is 1.93. The second kappa shape index (κ2) is 6.55. The van der Waals surface area contributed by atoms with Crippen LogP contribution in [0.15, 0.2) is 18.3 Å². The molecule has 0 atom stereocenters. The maximum absolute atomic E-state index is 4.64. The number of nitrogens with one attached hydrogen (secondary N) is 1. The molecule has 1 aliphatic rings. The Morgan fingerprint density at radius 3 is 2.60 bits per heavy atom. The number of hydrogen-bond acceptors (Lipinski definition) is 4. The normalized spacial score (nSPS) is 18.1. The van der Waals surface area contributed by atoms with Crippen LogP contribution in [-0.2, 0) is 6.54 Å². The van der Waals surface area contributed by atoms with Crippen molar-refractivity contribution in [2.24, 2.45) is 0 Å². The third-order valence-corrected chi connectivity index (χ3v) is 3.68. The number of rotatable bonds is 3. The van der Waals surface area contributed by atoms with Gasteiger partial charge in [-0.3, -0.25) is 0 Å². The zero-order valence-electron chi connectivity index (χ0n) is 13.3. The van der Waals surface area contributed by atoms with Crippen molar-refractivity contribution in [3.8, 4) is 0 Å². The first-order valence-corrected chi connectivity index (χ1v) is 7.57. The van der Waals surface area contributed by atoms with Gasteiger partial charge in [-0.15, -0.1) is 0 Å². The molecule has 0 amide bonds. The molecule has 0 aliphatic carbocycles. The molecule has 0 saturated carbocycles. The molecule has 1 saturated heterocycles. The van der Waals surface area contributed by atoms with Gasteiger partial charge in [-0.1, -0.05) is 6.07 Å². The molecule has 4 nitrogen and oxygen atoms in total. The van der Waals surface area contributed by atoms with Crippen LogP contribution in [0.25, 0.3) is 0 Å². The molecule has 20 heavy (non-hydrogen) atoms. The van der Waals surface area contributed by atoms with Crippen molar-refractivity contribution in [1.82, 2.24) is 15.2 Å². The van der Waals surface area contributed by atoms with Crippen LogP contribution < -0.4 is 10.2 Å². The fraction of sp³-hybridized carbons (Fsp3) is 0.688. The number of pyridine rings is 1. The first-order valence-electron chi connectivity index (χ1n) is 7.57. The fourth-order valence-corrected chi connectivity index (χ4v) is 2.35. The SMILES string of the molecule is CN1CCCN(c2ccc(CNC(C)(C)C)cn2)CC1. The minimum absolute atomic E-state index is 0.147. The largest absolute Gasteiger partial charge is 0.355 e. The van der Waals surface area contributed by atoms with E-state index in [1.54, 1.807) is 0 Å². The van der Waals surface area contributed by atoms with E-state index >= 15 is 0 Å². The Hall–Kier alpha value is -1.13. The Morgan fingerprint density at radius 2 is 1.95 bits per heavy atom. The van der Waals surface area contributed by atoms with Crippen molar-refractivity contribution in [2.75, 3.05) is 38.1 Å². The number of aromatic nitrogens is 1. The molecule has 112 valence electrons. The lowest BCUT2D eigenvalue weighted by atomic mass is 10.1. The van der Waals surface area contributed by atoms with Crippen LogP contribution in [0.3, 0.4) is 0 Å². The van der Waals surface area contributed by atoms with Crippen molar-refractivity contribution in [2.45, 2.75) is 39.3 Å². The van der Waals surface area contributed by atoms with Crippen LogP contribution in [0.4, 0.5) is 5.82 Å². The van der Waals surface area contributed by atoms with E-state index in [2.05, 4.69) is 60.1 Å². The first kappa shape index (κ1) is 15.3. The van der Waals surface area contributed by atoms with E-state index in [-0.39, 0.29) is 5.54 Å². The first-order chi connectivity index (χ1) is 9.44. The van der Waals surface area contributed by atoms with Crippen LogP contribution in [0.1, 0.15) is 32.8 Å². The van der Waals surface area contributed by atoms with Crippen molar-refractivity contribution < 1.29 is 0 Å². The van der Waals surface area contributed by atoms with Gasteiger partial charge < -0.3 is 15.1 Å². The summed E-state index contributed by atoms with van der Waals surface area (Å²) in [6.45, 7) is 11.9. The Kier molecular flexibility index (Phi) is 5.00. The average molecular weight is 276 g/mol. The standard InChI is InChI=1S/C16H28N4/c1-16(2,3)18-13-14-6-7-15(17-12-14)20-9-5-8-19(4)10-11-20/h6-7,12,18H,5,8-11,13H2,1-4H3. The molecule has 4 heteroatoms. The number of anilines is 1. The van der Waals surface area contributed by atoms with E-state index < -0.39 is 0 Å². The second-order valence-corrected chi connectivity index (χ2v) is 6.77. The van der Waals surface area contributed by atoms with Crippen LogP contribution in [0.2, 0.25) is 0 Å². The van der Waals surface area contributed by atoms with E-state index in [0.717, 1.165) is 32.0 Å². The molecule has 0 bridgehead atoms. The van der Waals surface area contributed by atoms with Gasteiger partial charge in [-0.25, -0.2) is 4.98 Å². The van der Waals surface area contributed by atoms with Crippen molar-refractivity contribution >= 4 is 5.82 Å². The predicted molar refractivity (Wildman–Crippen MR) is 85.2 cm³/mol. The van der Waals surface area contributed by atoms with E-state index in [4.69, 9.17) is 0 Å². The predicted octanol–water partition coefficient (Wildman–Crippen LogP) is 2.11. The molecule has 0 unspecified atom stereocenters. The summed E-state index contributed by atoms with van der Waals surface area (Å²) < 4.78 is 0. The van der Waals surface area contributed by atoms with E-state index in [0.29, 0.717) is 0 Å². The molecule has 2 rings (SSSR count). The summed E-state index contributed by atoms with van der Waals surface area (Å²) in [6, 6.07) is 4.35. The summed E-state index contributed by atoms with van der Waals surface area (Å²) in [4.78, 5) is 9.42. The van der Waals surface area contributed by atoms with Gasteiger partial charge in [0.15, 0.2) is 0 Å². The van der Waals surface area contributed by atoms with Crippen LogP contribution >= 0.6 is 0 Å². The second-order valence-electron chi connectivity index (χ2n) is 6.77. The monoisotopic (exact) mass is 276 g/mol. The summed E-state index contributed by atoms with van der Waals surface area (Å²) in [5.41, 5.74) is 1.39. The molecule has 1 aromatic heterocycles. The van der Waals surface area contributed by atoms with Gasteiger partial charge >= 0.3 is 0 Å². The summed E-state index contributed by atoms with van der Waals surface area (Å²) in [6.07, 6.45) is 3.22. The van der Waals surface area contributed by atoms with Gasteiger partial charge in [0.05, 0.1) is 0 Å². The smallest absolute Gasteiger partial charge is 0.128 e. The molecule has 1 aliphatic heterocycles. The van der Waals surface area contributed by atoms with Crippen molar-refractivity contribution in [1.29, 1.82) is 0 Å². The molecule has 2 heterocycles. The van der Waals surface area contributed by atoms with Crippen molar-refractivity contribution in [3.63, 3.8) is 0 Å². The molecule has 0 spiro atoms. The lowest BCUT2D eigenvalue weighted by molar-refractivity contribution is 0.360. The van der Waals surface area contributed by atoms with E-state index in [1.165, 1.54) is 18.5 Å². The lowest BCUT2D eigenvalue weighted by Crippen LogP contribution is -2.35. The minimum atomic E-state index is 0.147. The lowest BCUT2D eigenvalue weighted by Gasteiger charge is -2.23. The highest BCUT2D eigenvalue weighted by Crippen LogP contribution is 2.14. The topological polar surface area (TPSA) is 31.4 Å². The highest BCUT2D eigenvalue weighted by atomic mass is 15.2. The van der Waals surface area contributed by atoms with Gasteiger partial charge in [-0.2, -0.15) is 0 Å². The maximum Gasteiger partial charge on any atom is 0.128 e. The summed E-state index contributed by atoms with van der Waals surface area (Å²) in [5, 5.41) is 3.49. The minimum Gasteiger partial charge on any atom is -0.355 e. The van der Waals surface area contributed by atoms with Crippen molar-refractivity contribution in [3.05, 3.63) is 23.9 Å². The number of nitrogens with zero attached hydrogens (tertiary/aromatic N) is 3. The van der Waals surface area contributed by atoms with Gasteiger partial charge in [0.1, 0.15) is 5.82 Å². The molecular formula is C16H28N4. The zero-order chi connectivity index (χ0) is 14.6. The number of hydrogen-bond donors (Lipinski definition) is 1. The summed E-state index contributed by atoms with van der Waals surface area (Å²) >= 11 is 0. The van der Waals surface area contributed by atoms with Crippen LogP contribution in [0, 0.1) is 0 Å². The number of likely N-dealkylation sites (N-methyl/N-ethyl adjacent to an activating group) is 1. The van der Waals surface area contributed by atoms with Gasteiger partial charge in [0.2, 0.25) is 0 Å².